The summed E-state index contributed by atoms with van der Waals surface area (Å²) in [4.78, 5) is 24.3. The number of amides is 1. The minimum atomic E-state index is -4.65. The molecule has 12 heteroatoms. The van der Waals surface area contributed by atoms with Crippen LogP contribution in [0.1, 0.15) is 25.1 Å². The second-order valence-corrected chi connectivity index (χ2v) is 8.64. The van der Waals surface area contributed by atoms with Crippen molar-refractivity contribution in [3.8, 4) is 11.3 Å². The first-order valence-electron chi connectivity index (χ1n) is 10.1. The van der Waals surface area contributed by atoms with Crippen LogP contribution < -0.4 is 16.6 Å². The predicted molar refractivity (Wildman–Crippen MR) is 115 cm³/mol. The number of nitrogens with zero attached hydrogens (tertiary/aromatic N) is 5. The Morgan fingerprint density at radius 3 is 2.48 bits per heavy atom. The van der Waals surface area contributed by atoms with Crippen molar-refractivity contribution in [3.63, 3.8) is 0 Å². The molecule has 0 aliphatic heterocycles. The van der Waals surface area contributed by atoms with Gasteiger partial charge in [0.25, 0.3) is 0 Å². The molecule has 3 aromatic rings. The van der Waals surface area contributed by atoms with Gasteiger partial charge in [-0.25, -0.2) is 0 Å². The Bertz CT molecular complexity index is 1210. The van der Waals surface area contributed by atoms with E-state index in [-0.39, 0.29) is 24.2 Å². The van der Waals surface area contributed by atoms with Crippen LogP contribution in [0.25, 0.3) is 11.3 Å². The van der Waals surface area contributed by atoms with Crippen LogP contribution in [0.5, 0.6) is 0 Å². The number of nitrogens with one attached hydrogen (secondary N) is 1. The number of rotatable bonds is 7. The van der Waals surface area contributed by atoms with E-state index in [1.54, 1.807) is 38.0 Å². The van der Waals surface area contributed by atoms with Crippen molar-refractivity contribution in [1.29, 1.82) is 0 Å². The molecule has 0 fully saturated rings. The Balaban J connectivity index is 1.84. The van der Waals surface area contributed by atoms with Gasteiger partial charge in [-0.15, -0.1) is 0 Å². The zero-order valence-electron chi connectivity index (χ0n) is 18.7. The number of hydrogen-bond donors (Lipinski definition) is 2. The van der Waals surface area contributed by atoms with Gasteiger partial charge in [-0.05, 0) is 38.0 Å². The molecule has 1 amide bonds. The number of hydrogen-bond acceptors (Lipinski definition) is 5. The topological polar surface area (TPSA) is 113 Å². The summed E-state index contributed by atoms with van der Waals surface area (Å²) in [5.41, 5.74) is 5.02. The van der Waals surface area contributed by atoms with Crippen LogP contribution in [0.15, 0.2) is 41.6 Å². The maximum Gasteiger partial charge on any atom is 0.435 e. The third kappa shape index (κ3) is 5.89. The zero-order chi connectivity index (χ0) is 24.6. The number of aromatic nitrogens is 5. The third-order valence-electron chi connectivity index (χ3n) is 5.01. The zero-order valence-corrected chi connectivity index (χ0v) is 18.7. The monoisotopic (exact) mass is 465 g/mol. The SMILES string of the molecule is Cn1cc(C[C@@H](N)C(=O)NC(C)(C)Cn2nc(C(F)(F)F)cc2-c2ccc(=O)n(C)c2)cn1. The molecule has 3 N–H and O–H groups in total. The highest BCUT2D eigenvalue weighted by atomic mass is 19.4. The molecule has 0 unspecified atom stereocenters. The van der Waals surface area contributed by atoms with Gasteiger partial charge in [-0.3, -0.25) is 19.0 Å². The number of pyridine rings is 1. The lowest BCUT2D eigenvalue weighted by Gasteiger charge is -2.28. The smallest absolute Gasteiger partial charge is 0.348 e. The minimum absolute atomic E-state index is 0.0629. The summed E-state index contributed by atoms with van der Waals surface area (Å²) in [6, 6.07) is 2.77. The van der Waals surface area contributed by atoms with E-state index >= 15 is 0 Å². The van der Waals surface area contributed by atoms with Crippen molar-refractivity contribution in [1.82, 2.24) is 29.4 Å². The quantitative estimate of drug-likeness (QED) is 0.549. The van der Waals surface area contributed by atoms with Crippen molar-refractivity contribution >= 4 is 5.91 Å². The average Bonchev–Trinajstić information content (AvgIpc) is 3.29. The number of carbonyl (C=O) groups is 1. The van der Waals surface area contributed by atoms with Gasteiger partial charge in [0.1, 0.15) is 0 Å². The number of nitrogens with two attached hydrogens (primary N) is 1. The van der Waals surface area contributed by atoms with E-state index in [1.165, 1.54) is 34.6 Å². The van der Waals surface area contributed by atoms with Gasteiger partial charge < -0.3 is 15.6 Å². The van der Waals surface area contributed by atoms with Crippen LogP contribution >= 0.6 is 0 Å². The van der Waals surface area contributed by atoms with E-state index < -0.39 is 29.4 Å². The van der Waals surface area contributed by atoms with Gasteiger partial charge in [0.2, 0.25) is 11.5 Å². The minimum Gasteiger partial charge on any atom is -0.348 e. The molecular formula is C21H26F3N7O2. The molecule has 0 saturated heterocycles. The molecule has 0 bridgehead atoms. The van der Waals surface area contributed by atoms with Crippen molar-refractivity contribution in [3.05, 3.63) is 58.4 Å². The van der Waals surface area contributed by atoms with Crippen LogP contribution in [-0.4, -0.2) is 41.6 Å². The van der Waals surface area contributed by atoms with Gasteiger partial charge in [0.15, 0.2) is 5.69 Å². The molecule has 178 valence electrons. The van der Waals surface area contributed by atoms with Gasteiger partial charge in [-0.2, -0.15) is 23.4 Å². The Kier molecular flexibility index (Phi) is 6.50. The normalized spacial score (nSPS) is 13.2. The lowest BCUT2D eigenvalue weighted by molar-refractivity contribution is -0.141. The molecular weight excluding hydrogens is 439 g/mol. The lowest BCUT2D eigenvalue weighted by atomic mass is 10.0. The fraction of sp³-hybridized carbons (Fsp3) is 0.429. The van der Waals surface area contributed by atoms with Crippen LogP contribution in [0.3, 0.4) is 0 Å². The highest BCUT2D eigenvalue weighted by molar-refractivity contribution is 5.82. The Hall–Kier alpha value is -3.41. The maximum absolute atomic E-state index is 13.4. The second kappa shape index (κ2) is 8.85. The summed E-state index contributed by atoms with van der Waals surface area (Å²) in [5, 5.41) is 10.6. The van der Waals surface area contributed by atoms with E-state index in [1.807, 2.05) is 0 Å². The van der Waals surface area contributed by atoms with E-state index in [2.05, 4.69) is 15.5 Å². The highest BCUT2D eigenvalue weighted by Gasteiger charge is 2.36. The molecule has 0 radical (unpaired) electrons. The molecule has 9 nitrogen and oxygen atoms in total. The summed E-state index contributed by atoms with van der Waals surface area (Å²) >= 11 is 0. The van der Waals surface area contributed by atoms with Crippen molar-refractivity contribution in [2.45, 2.75) is 44.6 Å². The number of aryl methyl sites for hydroxylation is 2. The molecule has 33 heavy (non-hydrogen) atoms. The van der Waals surface area contributed by atoms with E-state index in [0.29, 0.717) is 5.56 Å². The highest BCUT2D eigenvalue weighted by Crippen LogP contribution is 2.32. The van der Waals surface area contributed by atoms with Crippen LogP contribution in [0.2, 0.25) is 0 Å². The lowest BCUT2D eigenvalue weighted by Crippen LogP contribution is -2.53. The summed E-state index contributed by atoms with van der Waals surface area (Å²) in [7, 11) is 3.25. The molecule has 1 atom stereocenters. The van der Waals surface area contributed by atoms with E-state index in [9.17, 15) is 22.8 Å². The van der Waals surface area contributed by atoms with E-state index in [4.69, 9.17) is 5.73 Å². The Morgan fingerprint density at radius 2 is 1.91 bits per heavy atom. The molecule has 0 saturated carbocycles. The molecule has 0 aromatic carbocycles. The fourth-order valence-corrected chi connectivity index (χ4v) is 3.42. The number of halogens is 3. The molecule has 0 aliphatic carbocycles. The molecule has 3 rings (SSSR count). The van der Waals surface area contributed by atoms with Gasteiger partial charge in [0.05, 0.1) is 30.0 Å². The first-order valence-corrected chi connectivity index (χ1v) is 10.1. The maximum atomic E-state index is 13.4. The summed E-state index contributed by atoms with van der Waals surface area (Å²) in [6.07, 6.45) is 0.408. The Labute approximate surface area is 188 Å². The molecule has 0 spiro atoms. The first kappa shape index (κ1) is 24.2. The molecule has 3 heterocycles. The van der Waals surface area contributed by atoms with Crippen LogP contribution in [0.4, 0.5) is 13.2 Å². The van der Waals surface area contributed by atoms with Gasteiger partial charge in [0, 0.05) is 38.1 Å². The summed E-state index contributed by atoms with van der Waals surface area (Å²) < 4.78 is 44.2. The van der Waals surface area contributed by atoms with Crippen molar-refractivity contribution in [2.24, 2.45) is 19.8 Å². The average molecular weight is 465 g/mol. The van der Waals surface area contributed by atoms with Crippen molar-refractivity contribution in [2.75, 3.05) is 0 Å². The summed E-state index contributed by atoms with van der Waals surface area (Å²) in [6.45, 7) is 3.27. The van der Waals surface area contributed by atoms with Gasteiger partial charge in [-0.1, -0.05) is 0 Å². The molecule has 3 aromatic heterocycles. The fourth-order valence-electron chi connectivity index (χ4n) is 3.42. The first-order chi connectivity index (χ1) is 15.2. The largest absolute Gasteiger partial charge is 0.435 e. The number of alkyl halides is 3. The number of carbonyl (C=O) groups excluding carboxylic acids is 1. The van der Waals surface area contributed by atoms with Gasteiger partial charge >= 0.3 is 6.18 Å². The second-order valence-electron chi connectivity index (χ2n) is 8.64. The summed E-state index contributed by atoms with van der Waals surface area (Å²) in [5.74, 6) is -0.448. The van der Waals surface area contributed by atoms with Crippen molar-refractivity contribution < 1.29 is 18.0 Å². The third-order valence-corrected chi connectivity index (χ3v) is 5.01. The van der Waals surface area contributed by atoms with E-state index in [0.717, 1.165) is 11.6 Å². The predicted octanol–water partition coefficient (Wildman–Crippen LogP) is 1.47. The standard InChI is InChI=1S/C21H26F3N7O2/c1-20(2,27-19(33)15(25)7-13-9-26-30(4)10-13)12-31-16(8-17(28-31)21(22,23)24)14-5-6-18(32)29(3)11-14/h5-6,8-11,15H,7,12,25H2,1-4H3,(H,27,33)/t15-/m1/s1. The molecule has 0 aliphatic rings. The van der Waals surface area contributed by atoms with Crippen LogP contribution in [-0.2, 0) is 38.0 Å². The van der Waals surface area contributed by atoms with Crippen LogP contribution in [0, 0.1) is 0 Å². The Morgan fingerprint density at radius 1 is 1.21 bits per heavy atom.